The van der Waals surface area contributed by atoms with Gasteiger partial charge in [-0.05, 0) is 50.6 Å². The molecule has 0 saturated carbocycles. The number of halogens is 1. The first-order chi connectivity index (χ1) is 13.0. The second-order valence-corrected chi connectivity index (χ2v) is 8.11. The number of nitrogens with one attached hydrogen (secondary N) is 1. The molecule has 1 fully saturated rings. The van der Waals surface area contributed by atoms with Gasteiger partial charge in [0, 0.05) is 24.5 Å². The van der Waals surface area contributed by atoms with Crippen LogP contribution in [0, 0.1) is 12.7 Å². The summed E-state index contributed by atoms with van der Waals surface area (Å²) in [6.07, 6.45) is 2.14. The van der Waals surface area contributed by atoms with Gasteiger partial charge in [0.25, 0.3) is 5.91 Å². The van der Waals surface area contributed by atoms with Gasteiger partial charge in [0.05, 0.1) is 17.1 Å². The lowest BCUT2D eigenvalue weighted by Gasteiger charge is -2.32. The standard InChI is InChI=1S/C20H23FN4OS/c1-13-17-10-18(19(26)24-9-3-4-16(12-24)22-2)27-20(17)25(23-13)11-14-5-7-15(21)8-6-14/h5-8,10,16,22H,3-4,9,11-12H2,1-2H3. The van der Waals surface area contributed by atoms with E-state index in [0.717, 1.165) is 52.3 Å². The molecule has 1 aliphatic rings. The van der Waals surface area contributed by atoms with Crippen molar-refractivity contribution in [2.75, 3.05) is 20.1 Å². The number of thiophene rings is 1. The maximum atomic E-state index is 13.1. The minimum absolute atomic E-state index is 0.101. The summed E-state index contributed by atoms with van der Waals surface area (Å²) in [5.41, 5.74) is 1.89. The molecule has 4 rings (SSSR count). The number of carbonyl (C=O) groups excluding carboxylic acids is 1. The van der Waals surface area contributed by atoms with E-state index in [4.69, 9.17) is 0 Å². The van der Waals surface area contributed by atoms with E-state index in [1.165, 1.54) is 23.5 Å². The Labute approximate surface area is 161 Å². The van der Waals surface area contributed by atoms with Gasteiger partial charge in [-0.3, -0.25) is 9.48 Å². The lowest BCUT2D eigenvalue weighted by molar-refractivity contribution is 0.0703. The molecule has 0 aliphatic carbocycles. The van der Waals surface area contributed by atoms with Crippen molar-refractivity contribution < 1.29 is 9.18 Å². The van der Waals surface area contributed by atoms with Gasteiger partial charge < -0.3 is 10.2 Å². The third-order valence-electron chi connectivity index (χ3n) is 5.18. The molecule has 3 aromatic rings. The van der Waals surface area contributed by atoms with Crippen molar-refractivity contribution in [1.29, 1.82) is 0 Å². The normalized spacial score (nSPS) is 17.6. The number of rotatable bonds is 4. The van der Waals surface area contributed by atoms with Gasteiger partial charge in [-0.1, -0.05) is 12.1 Å². The quantitative estimate of drug-likeness (QED) is 0.748. The summed E-state index contributed by atoms with van der Waals surface area (Å²) < 4.78 is 15.0. The Bertz CT molecular complexity index is 962. The van der Waals surface area contributed by atoms with E-state index >= 15 is 0 Å². The summed E-state index contributed by atoms with van der Waals surface area (Å²) in [5, 5.41) is 8.91. The van der Waals surface area contributed by atoms with E-state index in [1.54, 1.807) is 12.1 Å². The minimum atomic E-state index is -0.244. The molecular formula is C20H23FN4OS. The number of nitrogens with zero attached hydrogens (tertiary/aromatic N) is 3. The smallest absolute Gasteiger partial charge is 0.264 e. The Morgan fingerprint density at radius 1 is 1.37 bits per heavy atom. The molecule has 1 aliphatic heterocycles. The first-order valence-corrected chi connectivity index (χ1v) is 10.0. The zero-order valence-electron chi connectivity index (χ0n) is 15.5. The number of benzene rings is 1. The van der Waals surface area contributed by atoms with Gasteiger partial charge in [-0.25, -0.2) is 4.39 Å². The summed E-state index contributed by atoms with van der Waals surface area (Å²) in [5.74, 6) is -0.144. The zero-order chi connectivity index (χ0) is 19.0. The maximum absolute atomic E-state index is 13.1. The van der Waals surface area contributed by atoms with Gasteiger partial charge >= 0.3 is 0 Å². The Hall–Kier alpha value is -2.25. The van der Waals surface area contributed by atoms with Crippen LogP contribution in [-0.4, -0.2) is 46.8 Å². The van der Waals surface area contributed by atoms with Crippen molar-refractivity contribution in [3.8, 4) is 0 Å². The van der Waals surface area contributed by atoms with E-state index in [-0.39, 0.29) is 11.7 Å². The predicted octanol–water partition coefficient (Wildman–Crippen LogP) is 3.42. The molecule has 1 atom stereocenters. The summed E-state index contributed by atoms with van der Waals surface area (Å²) in [6, 6.07) is 8.79. The summed E-state index contributed by atoms with van der Waals surface area (Å²) in [4.78, 5) is 16.7. The zero-order valence-corrected chi connectivity index (χ0v) is 16.4. The molecule has 7 heteroatoms. The number of hydrogen-bond donors (Lipinski definition) is 1. The summed E-state index contributed by atoms with van der Waals surface area (Å²) >= 11 is 1.49. The fourth-order valence-electron chi connectivity index (χ4n) is 3.64. The van der Waals surface area contributed by atoms with Crippen LogP contribution in [0.3, 0.4) is 0 Å². The molecule has 3 heterocycles. The number of piperidine rings is 1. The fraction of sp³-hybridized carbons (Fsp3) is 0.400. The molecule has 0 radical (unpaired) electrons. The van der Waals surface area contributed by atoms with Gasteiger partial charge in [0.15, 0.2) is 0 Å². The van der Waals surface area contributed by atoms with Gasteiger partial charge in [-0.2, -0.15) is 5.10 Å². The fourth-order valence-corrected chi connectivity index (χ4v) is 4.77. The molecule has 5 nitrogen and oxygen atoms in total. The van der Waals surface area contributed by atoms with E-state index in [0.29, 0.717) is 12.6 Å². The highest BCUT2D eigenvalue weighted by Gasteiger charge is 2.25. The Kier molecular flexibility index (Phi) is 4.97. The molecule has 1 saturated heterocycles. The molecule has 1 aromatic carbocycles. The van der Waals surface area contributed by atoms with Gasteiger partial charge in [0.2, 0.25) is 0 Å². The number of likely N-dealkylation sites (N-methyl/N-ethyl adjacent to an activating group) is 1. The number of likely N-dealkylation sites (tertiary alicyclic amines) is 1. The van der Waals surface area contributed by atoms with Crippen LogP contribution in [-0.2, 0) is 6.54 Å². The van der Waals surface area contributed by atoms with Crippen LogP contribution in [0.2, 0.25) is 0 Å². The molecule has 27 heavy (non-hydrogen) atoms. The van der Waals surface area contributed by atoms with Gasteiger partial charge in [0.1, 0.15) is 10.6 Å². The van der Waals surface area contributed by atoms with Crippen LogP contribution < -0.4 is 5.32 Å². The molecule has 0 spiro atoms. The van der Waals surface area contributed by atoms with Crippen LogP contribution in [0.15, 0.2) is 30.3 Å². The Morgan fingerprint density at radius 2 is 2.15 bits per heavy atom. The van der Waals surface area contributed by atoms with Crippen LogP contribution >= 0.6 is 11.3 Å². The van der Waals surface area contributed by atoms with Crippen molar-refractivity contribution in [3.63, 3.8) is 0 Å². The highest BCUT2D eigenvalue weighted by atomic mass is 32.1. The van der Waals surface area contributed by atoms with Crippen molar-refractivity contribution in [1.82, 2.24) is 20.0 Å². The third-order valence-corrected chi connectivity index (χ3v) is 6.32. The number of aromatic nitrogens is 2. The SMILES string of the molecule is CNC1CCCN(C(=O)c2cc3c(C)nn(Cc4ccc(F)cc4)c3s2)C1. The first kappa shape index (κ1) is 18.1. The Balaban J connectivity index is 1.60. The molecule has 0 bridgehead atoms. The predicted molar refractivity (Wildman–Crippen MR) is 106 cm³/mol. The van der Waals surface area contributed by atoms with Crippen molar-refractivity contribution in [2.45, 2.75) is 32.4 Å². The van der Waals surface area contributed by atoms with E-state index in [2.05, 4.69) is 10.4 Å². The van der Waals surface area contributed by atoms with Gasteiger partial charge in [-0.15, -0.1) is 11.3 Å². The molecule has 142 valence electrons. The molecule has 2 aromatic heterocycles. The van der Waals surface area contributed by atoms with Crippen molar-refractivity contribution in [3.05, 3.63) is 52.3 Å². The van der Waals surface area contributed by atoms with E-state index in [9.17, 15) is 9.18 Å². The van der Waals surface area contributed by atoms with E-state index in [1.807, 2.05) is 29.6 Å². The highest BCUT2D eigenvalue weighted by molar-refractivity contribution is 7.20. The largest absolute Gasteiger partial charge is 0.336 e. The van der Waals surface area contributed by atoms with E-state index < -0.39 is 0 Å². The molecule has 1 amide bonds. The van der Waals surface area contributed by atoms with Crippen LogP contribution in [0.25, 0.3) is 10.2 Å². The lowest BCUT2D eigenvalue weighted by Crippen LogP contribution is -2.46. The lowest BCUT2D eigenvalue weighted by atomic mass is 10.1. The molecule has 1 N–H and O–H groups in total. The third kappa shape index (κ3) is 3.61. The second kappa shape index (κ2) is 7.40. The summed E-state index contributed by atoms with van der Waals surface area (Å²) in [7, 11) is 1.95. The summed E-state index contributed by atoms with van der Waals surface area (Å²) in [6.45, 7) is 4.09. The molecule has 1 unspecified atom stereocenters. The maximum Gasteiger partial charge on any atom is 0.264 e. The molecular weight excluding hydrogens is 363 g/mol. The van der Waals surface area contributed by atoms with Crippen molar-refractivity contribution >= 4 is 27.5 Å². The average molecular weight is 386 g/mol. The van der Waals surface area contributed by atoms with Crippen LogP contribution in [0.5, 0.6) is 0 Å². The van der Waals surface area contributed by atoms with Crippen LogP contribution in [0.1, 0.15) is 33.8 Å². The topological polar surface area (TPSA) is 50.2 Å². The highest BCUT2D eigenvalue weighted by Crippen LogP contribution is 2.30. The number of hydrogen-bond acceptors (Lipinski definition) is 4. The number of carbonyl (C=O) groups is 1. The number of amides is 1. The Morgan fingerprint density at radius 3 is 2.89 bits per heavy atom. The number of fused-ring (bicyclic) bond motifs is 1. The van der Waals surface area contributed by atoms with Crippen LogP contribution in [0.4, 0.5) is 4.39 Å². The second-order valence-electron chi connectivity index (χ2n) is 7.08. The van der Waals surface area contributed by atoms with Crippen molar-refractivity contribution in [2.24, 2.45) is 0 Å². The number of aryl methyl sites for hydroxylation is 1. The first-order valence-electron chi connectivity index (χ1n) is 9.23. The average Bonchev–Trinajstić information content (AvgIpc) is 3.24. The minimum Gasteiger partial charge on any atom is -0.336 e. The monoisotopic (exact) mass is 386 g/mol.